The molecule has 1 aliphatic heterocycles. The number of anilines is 1. The third-order valence-corrected chi connectivity index (χ3v) is 6.84. The van der Waals surface area contributed by atoms with E-state index in [4.69, 9.17) is 33.7 Å². The van der Waals surface area contributed by atoms with Gasteiger partial charge in [0, 0.05) is 41.4 Å². The molecule has 4 amide bonds. The average molecular weight is 606 g/mol. The molecule has 3 aromatic carbocycles. The van der Waals surface area contributed by atoms with Gasteiger partial charge in [-0.25, -0.2) is 4.79 Å². The van der Waals surface area contributed by atoms with Crippen molar-refractivity contribution in [2.45, 2.75) is 6.61 Å². The molecule has 1 saturated heterocycles. The summed E-state index contributed by atoms with van der Waals surface area (Å²) in [5.74, 6) is -0.571. The summed E-state index contributed by atoms with van der Waals surface area (Å²) in [6, 6.07) is 16.7. The molecule has 1 aliphatic rings. The van der Waals surface area contributed by atoms with Crippen LogP contribution in [0, 0.1) is 0 Å². The van der Waals surface area contributed by atoms with Crippen LogP contribution in [0.4, 0.5) is 10.5 Å². The number of urea groups is 1. The summed E-state index contributed by atoms with van der Waals surface area (Å²) in [5, 5.41) is 3.52. The maximum atomic E-state index is 12.8. The van der Waals surface area contributed by atoms with E-state index < -0.39 is 5.91 Å². The minimum atomic E-state index is -0.673. The van der Waals surface area contributed by atoms with E-state index in [0.29, 0.717) is 48.2 Å². The number of piperazine rings is 1. The van der Waals surface area contributed by atoms with Gasteiger partial charge in [0.05, 0.1) is 16.1 Å². The summed E-state index contributed by atoms with van der Waals surface area (Å²) in [4.78, 5) is 40.9. The maximum absolute atomic E-state index is 12.8. The number of nitrogens with one attached hydrogen (secondary N) is 1. The van der Waals surface area contributed by atoms with Crippen LogP contribution in [0.15, 0.2) is 65.1 Å². The minimum absolute atomic E-state index is 0.156. The molecule has 3 aromatic rings. The van der Waals surface area contributed by atoms with Crippen molar-refractivity contribution >= 4 is 62.7 Å². The SMILES string of the molecule is NC(=O)c1cc(NC(=O)N2CCN(C(=O)c3ccc(Cl)cc3Cl)CC2)ccc1OCc1cccc(Br)c1. The molecule has 0 spiro atoms. The molecule has 0 aromatic heterocycles. The Morgan fingerprint density at radius 3 is 2.32 bits per heavy atom. The normalized spacial score (nSPS) is 13.3. The quantitative estimate of drug-likeness (QED) is 0.391. The lowest BCUT2D eigenvalue weighted by atomic mass is 10.1. The Balaban J connectivity index is 1.36. The van der Waals surface area contributed by atoms with E-state index in [9.17, 15) is 14.4 Å². The Morgan fingerprint density at radius 1 is 0.919 bits per heavy atom. The zero-order valence-electron chi connectivity index (χ0n) is 19.5. The van der Waals surface area contributed by atoms with E-state index in [0.717, 1.165) is 10.0 Å². The van der Waals surface area contributed by atoms with E-state index in [2.05, 4.69) is 21.2 Å². The molecule has 0 atom stereocenters. The zero-order valence-corrected chi connectivity index (χ0v) is 22.6. The molecule has 4 rings (SSSR count). The molecule has 0 bridgehead atoms. The smallest absolute Gasteiger partial charge is 0.321 e. The third kappa shape index (κ3) is 6.74. The van der Waals surface area contributed by atoms with Gasteiger partial charge in [-0.2, -0.15) is 0 Å². The largest absolute Gasteiger partial charge is 0.488 e. The van der Waals surface area contributed by atoms with E-state index in [1.165, 1.54) is 12.1 Å². The van der Waals surface area contributed by atoms with Crippen LogP contribution in [0.2, 0.25) is 10.0 Å². The van der Waals surface area contributed by atoms with Gasteiger partial charge in [0.1, 0.15) is 12.4 Å². The molecule has 1 fully saturated rings. The number of carbonyl (C=O) groups excluding carboxylic acids is 3. The number of rotatable bonds is 6. The average Bonchev–Trinajstić information content (AvgIpc) is 2.87. The van der Waals surface area contributed by atoms with Crippen molar-refractivity contribution in [1.29, 1.82) is 0 Å². The Labute approximate surface area is 232 Å². The Hall–Kier alpha value is -3.27. The number of hydrogen-bond donors (Lipinski definition) is 2. The first-order valence-corrected chi connectivity index (χ1v) is 12.9. The van der Waals surface area contributed by atoms with Crippen LogP contribution in [0.5, 0.6) is 5.75 Å². The second-order valence-corrected chi connectivity index (χ2v) is 10.1. The number of benzene rings is 3. The van der Waals surface area contributed by atoms with Crippen LogP contribution in [-0.2, 0) is 6.61 Å². The van der Waals surface area contributed by atoms with Gasteiger partial charge in [-0.05, 0) is 54.1 Å². The highest BCUT2D eigenvalue weighted by Crippen LogP contribution is 2.25. The number of carbonyl (C=O) groups is 3. The Morgan fingerprint density at radius 2 is 1.65 bits per heavy atom. The minimum Gasteiger partial charge on any atom is -0.488 e. The molecule has 37 heavy (non-hydrogen) atoms. The number of halogens is 3. The highest BCUT2D eigenvalue weighted by molar-refractivity contribution is 9.10. The summed E-state index contributed by atoms with van der Waals surface area (Å²) < 4.78 is 6.72. The van der Waals surface area contributed by atoms with Crippen molar-refractivity contribution in [1.82, 2.24) is 9.80 Å². The summed E-state index contributed by atoms with van der Waals surface area (Å²) in [5.41, 5.74) is 7.40. The molecular weight excluding hydrogens is 583 g/mol. The second-order valence-electron chi connectivity index (χ2n) is 8.33. The number of hydrogen-bond acceptors (Lipinski definition) is 4. The Kier molecular flexibility index (Phi) is 8.58. The summed E-state index contributed by atoms with van der Waals surface area (Å²) in [6.07, 6.45) is 0. The number of amides is 4. The van der Waals surface area contributed by atoms with Gasteiger partial charge < -0.3 is 25.6 Å². The lowest BCUT2D eigenvalue weighted by molar-refractivity contribution is 0.0672. The van der Waals surface area contributed by atoms with Crippen LogP contribution in [0.25, 0.3) is 0 Å². The van der Waals surface area contributed by atoms with Crippen LogP contribution in [-0.4, -0.2) is 53.8 Å². The molecule has 192 valence electrons. The van der Waals surface area contributed by atoms with E-state index in [1.54, 1.807) is 34.1 Å². The van der Waals surface area contributed by atoms with E-state index in [-0.39, 0.29) is 29.1 Å². The van der Waals surface area contributed by atoms with Crippen LogP contribution < -0.4 is 15.8 Å². The van der Waals surface area contributed by atoms with Gasteiger partial charge >= 0.3 is 6.03 Å². The van der Waals surface area contributed by atoms with Crippen molar-refractivity contribution in [2.24, 2.45) is 5.73 Å². The number of ether oxygens (including phenoxy) is 1. The standard InChI is InChI=1S/C26H23BrCl2N4O4/c27-17-3-1-2-16(12-17)15-37-23-7-5-19(14-21(23)24(30)34)31-26(36)33-10-8-32(9-11-33)25(35)20-6-4-18(28)13-22(20)29/h1-7,12-14H,8-11,15H2,(H2,30,34)(H,31,36). The zero-order chi connectivity index (χ0) is 26.5. The first kappa shape index (κ1) is 26.8. The number of primary amides is 1. The summed E-state index contributed by atoms with van der Waals surface area (Å²) in [7, 11) is 0. The van der Waals surface area contributed by atoms with E-state index in [1.807, 2.05) is 24.3 Å². The Bertz CT molecular complexity index is 1350. The van der Waals surface area contributed by atoms with Gasteiger partial charge in [-0.3, -0.25) is 9.59 Å². The van der Waals surface area contributed by atoms with Gasteiger partial charge in [0.2, 0.25) is 0 Å². The molecule has 0 unspecified atom stereocenters. The lowest BCUT2D eigenvalue weighted by Gasteiger charge is -2.35. The first-order chi connectivity index (χ1) is 17.7. The fourth-order valence-corrected chi connectivity index (χ4v) is 4.80. The molecule has 0 saturated carbocycles. The van der Waals surface area contributed by atoms with Crippen LogP contribution in [0.1, 0.15) is 26.3 Å². The van der Waals surface area contributed by atoms with Crippen molar-refractivity contribution in [3.63, 3.8) is 0 Å². The van der Waals surface area contributed by atoms with Gasteiger partial charge in [0.15, 0.2) is 0 Å². The topological polar surface area (TPSA) is 105 Å². The van der Waals surface area contributed by atoms with Crippen LogP contribution in [0.3, 0.4) is 0 Å². The van der Waals surface area contributed by atoms with E-state index >= 15 is 0 Å². The van der Waals surface area contributed by atoms with Crippen molar-refractivity contribution in [3.05, 3.63) is 91.9 Å². The first-order valence-electron chi connectivity index (χ1n) is 11.3. The molecule has 8 nitrogen and oxygen atoms in total. The predicted octanol–water partition coefficient (Wildman–Crippen LogP) is 5.42. The third-order valence-electron chi connectivity index (χ3n) is 5.80. The number of nitrogens with zero attached hydrogens (tertiary/aromatic N) is 2. The monoisotopic (exact) mass is 604 g/mol. The van der Waals surface area contributed by atoms with Gasteiger partial charge in [0.25, 0.3) is 11.8 Å². The summed E-state index contributed by atoms with van der Waals surface area (Å²) >= 11 is 15.5. The fraction of sp³-hybridized carbons (Fsp3) is 0.192. The maximum Gasteiger partial charge on any atom is 0.321 e. The highest BCUT2D eigenvalue weighted by atomic mass is 79.9. The fourth-order valence-electron chi connectivity index (χ4n) is 3.86. The highest BCUT2D eigenvalue weighted by Gasteiger charge is 2.26. The van der Waals surface area contributed by atoms with Gasteiger partial charge in [-0.15, -0.1) is 0 Å². The van der Waals surface area contributed by atoms with Crippen molar-refractivity contribution < 1.29 is 19.1 Å². The predicted molar refractivity (Wildman–Crippen MR) is 146 cm³/mol. The second kappa shape index (κ2) is 11.9. The van der Waals surface area contributed by atoms with Crippen molar-refractivity contribution in [3.8, 4) is 5.75 Å². The van der Waals surface area contributed by atoms with Crippen molar-refractivity contribution in [2.75, 3.05) is 31.5 Å². The van der Waals surface area contributed by atoms with Crippen LogP contribution >= 0.6 is 39.1 Å². The van der Waals surface area contributed by atoms with Gasteiger partial charge in [-0.1, -0.05) is 51.3 Å². The summed E-state index contributed by atoms with van der Waals surface area (Å²) in [6.45, 7) is 1.61. The molecule has 0 radical (unpaired) electrons. The number of nitrogens with two attached hydrogens (primary N) is 1. The molecular formula is C26H23BrCl2N4O4. The lowest BCUT2D eigenvalue weighted by Crippen LogP contribution is -2.51. The molecule has 1 heterocycles. The molecule has 3 N–H and O–H groups in total. The molecule has 0 aliphatic carbocycles. The molecule has 11 heteroatoms.